The second-order valence-electron chi connectivity index (χ2n) is 5.06. The van der Waals surface area contributed by atoms with E-state index in [9.17, 15) is 9.59 Å². The van der Waals surface area contributed by atoms with Crippen molar-refractivity contribution in [2.75, 3.05) is 0 Å². The third-order valence-corrected chi connectivity index (χ3v) is 3.72. The number of nitrogens with one attached hydrogen (secondary N) is 1. The molecule has 0 radical (unpaired) electrons. The third kappa shape index (κ3) is 1.82. The highest BCUT2D eigenvalue weighted by Gasteiger charge is 2.30. The molecule has 2 aromatic rings. The van der Waals surface area contributed by atoms with Crippen LogP contribution in [0.4, 0.5) is 0 Å². The molecule has 1 aliphatic carbocycles. The highest BCUT2D eigenvalue weighted by atomic mass is 16.1. The van der Waals surface area contributed by atoms with Gasteiger partial charge in [0.25, 0.3) is 5.56 Å². The van der Waals surface area contributed by atoms with Crippen molar-refractivity contribution in [2.45, 2.75) is 32.1 Å². The number of carbonyl (C=O) groups excluding carboxylic acids is 1. The predicted octanol–water partition coefficient (Wildman–Crippen LogP) is 1.72. The first kappa shape index (κ1) is 11.9. The van der Waals surface area contributed by atoms with Crippen molar-refractivity contribution < 1.29 is 4.79 Å². The van der Waals surface area contributed by atoms with Gasteiger partial charge >= 0.3 is 0 Å². The fourth-order valence-corrected chi connectivity index (χ4v) is 2.76. The molecule has 5 nitrogen and oxygen atoms in total. The number of rotatable bonds is 1. The van der Waals surface area contributed by atoms with Crippen LogP contribution in [0.1, 0.15) is 36.4 Å². The molecule has 2 aromatic heterocycles. The van der Waals surface area contributed by atoms with Crippen LogP contribution in [0.3, 0.4) is 0 Å². The number of carbonyl (C=O) groups is 1. The molecule has 1 atom stereocenters. The minimum atomic E-state index is -0.342. The van der Waals surface area contributed by atoms with Gasteiger partial charge in [-0.1, -0.05) is 12.2 Å². The summed E-state index contributed by atoms with van der Waals surface area (Å²) in [7, 11) is 0. The zero-order chi connectivity index (χ0) is 13.6. The normalized spacial score (nSPS) is 20.2. The number of Topliss-reactive ketones (excluding diaryl/α,β-unsaturated/α-hetero) is 1. The van der Waals surface area contributed by atoms with E-state index < -0.39 is 0 Å². The Hall–Kier alpha value is -2.17. The average Bonchev–Trinajstić information content (AvgIpc) is 2.80. The molecule has 1 aliphatic rings. The van der Waals surface area contributed by atoms with Gasteiger partial charge in [0.15, 0.2) is 5.65 Å². The molecule has 5 heteroatoms. The van der Waals surface area contributed by atoms with Crippen LogP contribution < -0.4 is 5.56 Å². The molecule has 3 rings (SSSR count). The third-order valence-electron chi connectivity index (χ3n) is 3.72. The fourth-order valence-electron chi connectivity index (χ4n) is 2.76. The van der Waals surface area contributed by atoms with E-state index >= 15 is 0 Å². The molecular weight excluding hydrogens is 242 g/mol. The first-order valence-corrected chi connectivity index (χ1v) is 6.34. The minimum Gasteiger partial charge on any atom is -0.299 e. The molecule has 19 heavy (non-hydrogen) atoms. The van der Waals surface area contributed by atoms with E-state index in [-0.39, 0.29) is 17.3 Å². The molecule has 1 unspecified atom stereocenters. The number of ketones is 1. The van der Waals surface area contributed by atoms with Crippen LogP contribution in [0.2, 0.25) is 0 Å². The van der Waals surface area contributed by atoms with Crippen LogP contribution in [-0.4, -0.2) is 20.4 Å². The number of hydrogen-bond donors (Lipinski definition) is 1. The van der Waals surface area contributed by atoms with E-state index in [0.29, 0.717) is 29.7 Å². The van der Waals surface area contributed by atoms with E-state index in [4.69, 9.17) is 0 Å². The van der Waals surface area contributed by atoms with Gasteiger partial charge in [0.05, 0.1) is 11.5 Å². The summed E-state index contributed by atoms with van der Waals surface area (Å²) in [5.41, 5.74) is 2.54. The maximum absolute atomic E-state index is 12.5. The minimum absolute atomic E-state index is 0.0738. The monoisotopic (exact) mass is 257 g/mol. The van der Waals surface area contributed by atoms with Crippen LogP contribution in [0.25, 0.3) is 5.65 Å². The van der Waals surface area contributed by atoms with Gasteiger partial charge in [-0.3, -0.25) is 14.7 Å². The van der Waals surface area contributed by atoms with E-state index in [1.54, 1.807) is 19.2 Å². The van der Waals surface area contributed by atoms with Crippen molar-refractivity contribution >= 4 is 11.4 Å². The molecule has 0 aromatic carbocycles. The number of H-pyrrole nitrogens is 1. The Morgan fingerprint density at radius 3 is 3.00 bits per heavy atom. The van der Waals surface area contributed by atoms with Gasteiger partial charge in [-0.05, 0) is 19.8 Å². The van der Waals surface area contributed by atoms with Gasteiger partial charge in [-0.2, -0.15) is 0 Å². The van der Waals surface area contributed by atoms with Crippen LogP contribution in [-0.2, 0) is 4.79 Å². The summed E-state index contributed by atoms with van der Waals surface area (Å²) in [5.74, 6) is -0.268. The molecule has 0 bridgehead atoms. The zero-order valence-corrected chi connectivity index (χ0v) is 10.8. The molecular formula is C14H15N3O2. The lowest BCUT2D eigenvalue weighted by atomic mass is 9.81. The second kappa shape index (κ2) is 4.19. The Labute approximate surface area is 110 Å². The number of aromatic nitrogens is 3. The van der Waals surface area contributed by atoms with Gasteiger partial charge in [0, 0.05) is 24.4 Å². The maximum Gasteiger partial charge on any atom is 0.276 e. The molecule has 1 saturated carbocycles. The zero-order valence-electron chi connectivity index (χ0n) is 10.8. The lowest BCUT2D eigenvalue weighted by Gasteiger charge is -2.22. The Bertz CT molecular complexity index is 739. The SMILES string of the molecule is C=C1CCC(c2c(C)nc3cc[nH]n3c2=O)C(=O)C1. The summed E-state index contributed by atoms with van der Waals surface area (Å²) < 4.78 is 1.39. The molecule has 0 aliphatic heterocycles. The summed E-state index contributed by atoms with van der Waals surface area (Å²) in [4.78, 5) is 29.0. The molecule has 0 saturated heterocycles. The first-order chi connectivity index (χ1) is 9.08. The van der Waals surface area contributed by atoms with E-state index in [1.807, 2.05) is 0 Å². The van der Waals surface area contributed by atoms with Gasteiger partial charge in [0.2, 0.25) is 0 Å². The summed E-state index contributed by atoms with van der Waals surface area (Å²) >= 11 is 0. The molecule has 2 heterocycles. The van der Waals surface area contributed by atoms with Crippen molar-refractivity contribution in [1.82, 2.24) is 14.6 Å². The number of nitrogens with zero attached hydrogens (tertiary/aromatic N) is 2. The maximum atomic E-state index is 12.5. The number of allylic oxidation sites excluding steroid dienone is 1. The lowest BCUT2D eigenvalue weighted by Crippen LogP contribution is -2.29. The van der Waals surface area contributed by atoms with Crippen LogP contribution in [0.15, 0.2) is 29.2 Å². The molecule has 98 valence electrons. The van der Waals surface area contributed by atoms with Crippen LogP contribution in [0.5, 0.6) is 0 Å². The predicted molar refractivity (Wildman–Crippen MR) is 71.3 cm³/mol. The Balaban J connectivity index is 2.17. The van der Waals surface area contributed by atoms with Crippen LogP contribution in [0, 0.1) is 6.92 Å². The second-order valence-corrected chi connectivity index (χ2v) is 5.06. The van der Waals surface area contributed by atoms with E-state index in [2.05, 4.69) is 16.7 Å². The molecule has 0 spiro atoms. The van der Waals surface area contributed by atoms with E-state index in [1.165, 1.54) is 4.52 Å². The smallest absolute Gasteiger partial charge is 0.276 e. The van der Waals surface area contributed by atoms with E-state index in [0.717, 1.165) is 12.0 Å². The van der Waals surface area contributed by atoms with Gasteiger partial charge < -0.3 is 0 Å². The van der Waals surface area contributed by atoms with Gasteiger partial charge in [0.1, 0.15) is 5.78 Å². The standard InChI is InChI=1S/C14H15N3O2/c1-8-3-4-10(11(18)7-8)13-9(2)16-12-5-6-15-17(12)14(13)19/h5-6,10,15H,1,3-4,7H2,2H3. The largest absolute Gasteiger partial charge is 0.299 e. The number of fused-ring (bicyclic) bond motifs is 1. The number of aryl methyl sites for hydroxylation is 1. The summed E-state index contributed by atoms with van der Waals surface area (Å²) in [6, 6.07) is 1.74. The van der Waals surface area contributed by atoms with Crippen molar-refractivity contribution in [3.8, 4) is 0 Å². The average molecular weight is 257 g/mol. The van der Waals surface area contributed by atoms with Crippen LogP contribution >= 0.6 is 0 Å². The molecule has 1 fully saturated rings. The Morgan fingerprint density at radius 1 is 1.47 bits per heavy atom. The Morgan fingerprint density at radius 2 is 2.26 bits per heavy atom. The lowest BCUT2D eigenvalue weighted by molar-refractivity contribution is -0.120. The highest BCUT2D eigenvalue weighted by Crippen LogP contribution is 2.31. The summed E-state index contributed by atoms with van der Waals surface area (Å²) in [5, 5.41) is 2.83. The first-order valence-electron chi connectivity index (χ1n) is 6.34. The molecule has 1 N–H and O–H groups in total. The van der Waals surface area contributed by atoms with Gasteiger partial charge in [-0.25, -0.2) is 9.50 Å². The van der Waals surface area contributed by atoms with Crippen molar-refractivity contribution in [1.29, 1.82) is 0 Å². The Kier molecular flexibility index (Phi) is 2.62. The fraction of sp³-hybridized carbons (Fsp3) is 0.357. The summed E-state index contributed by atoms with van der Waals surface area (Å²) in [6.07, 6.45) is 3.49. The highest BCUT2D eigenvalue weighted by molar-refractivity contribution is 5.88. The molecule has 0 amide bonds. The topological polar surface area (TPSA) is 67.2 Å². The quantitative estimate of drug-likeness (QED) is 0.791. The number of hydrogen-bond acceptors (Lipinski definition) is 3. The van der Waals surface area contributed by atoms with Gasteiger partial charge in [-0.15, -0.1) is 0 Å². The number of aromatic amines is 1. The van der Waals surface area contributed by atoms with Crippen molar-refractivity contribution in [3.63, 3.8) is 0 Å². The summed E-state index contributed by atoms with van der Waals surface area (Å²) in [6.45, 7) is 5.65. The van der Waals surface area contributed by atoms with Crippen molar-refractivity contribution in [3.05, 3.63) is 46.0 Å². The van der Waals surface area contributed by atoms with Crippen molar-refractivity contribution in [2.24, 2.45) is 0 Å².